The number of hydrogen-bond acceptors (Lipinski definition) is 2. The molecule has 0 aromatic heterocycles. The maximum atomic E-state index is 13.4. The van der Waals surface area contributed by atoms with Crippen LogP contribution in [0.25, 0.3) is 0 Å². The predicted octanol–water partition coefficient (Wildman–Crippen LogP) is 3.48. The number of ether oxygens (including phenoxy) is 1. The van der Waals surface area contributed by atoms with Crippen molar-refractivity contribution in [3.05, 3.63) is 59.4 Å². The summed E-state index contributed by atoms with van der Waals surface area (Å²) in [6.07, 6.45) is 0.783. The van der Waals surface area contributed by atoms with Gasteiger partial charge in [-0.05, 0) is 48.9 Å². The Kier molecular flexibility index (Phi) is 3.22. The van der Waals surface area contributed by atoms with Crippen LogP contribution in [0, 0.1) is 5.82 Å². The third-order valence-electron chi connectivity index (χ3n) is 3.52. The van der Waals surface area contributed by atoms with Gasteiger partial charge < -0.3 is 10.1 Å². The molecule has 3 heteroatoms. The fourth-order valence-electron chi connectivity index (χ4n) is 2.64. The molecule has 0 spiro atoms. The minimum Gasteiger partial charge on any atom is -0.457 e. The summed E-state index contributed by atoms with van der Waals surface area (Å²) in [4.78, 5) is 0. The monoisotopic (exact) mass is 257 g/mol. The van der Waals surface area contributed by atoms with Crippen LogP contribution in [0.5, 0.6) is 11.5 Å². The molecule has 0 fully saturated rings. The molecule has 19 heavy (non-hydrogen) atoms. The Morgan fingerprint density at radius 1 is 1.21 bits per heavy atom. The van der Waals surface area contributed by atoms with Crippen molar-refractivity contribution in [1.82, 2.24) is 5.32 Å². The lowest BCUT2D eigenvalue weighted by atomic mass is 9.92. The SMILES string of the molecule is CNCC1Cc2cc(F)ccc2Oc2ccccc21. The van der Waals surface area contributed by atoms with Gasteiger partial charge in [-0.15, -0.1) is 0 Å². The van der Waals surface area contributed by atoms with Crippen molar-refractivity contribution in [2.45, 2.75) is 12.3 Å². The number of rotatable bonds is 2. The molecular weight excluding hydrogens is 241 g/mol. The second-order valence-electron chi connectivity index (χ2n) is 4.85. The molecule has 1 aliphatic heterocycles. The molecule has 2 aromatic rings. The van der Waals surface area contributed by atoms with E-state index in [0.29, 0.717) is 5.92 Å². The molecular formula is C16H16FNO. The molecule has 0 radical (unpaired) electrons. The van der Waals surface area contributed by atoms with E-state index in [0.717, 1.165) is 30.0 Å². The van der Waals surface area contributed by atoms with Crippen LogP contribution in [-0.2, 0) is 6.42 Å². The molecule has 2 nitrogen and oxygen atoms in total. The van der Waals surface area contributed by atoms with Gasteiger partial charge in [0.2, 0.25) is 0 Å². The van der Waals surface area contributed by atoms with Crippen LogP contribution < -0.4 is 10.1 Å². The highest BCUT2D eigenvalue weighted by Gasteiger charge is 2.22. The van der Waals surface area contributed by atoms with Crippen molar-refractivity contribution in [1.29, 1.82) is 0 Å². The first kappa shape index (κ1) is 12.2. The van der Waals surface area contributed by atoms with Crippen LogP contribution in [0.1, 0.15) is 17.0 Å². The van der Waals surface area contributed by atoms with Crippen LogP contribution in [0.4, 0.5) is 4.39 Å². The van der Waals surface area contributed by atoms with E-state index in [1.165, 1.54) is 11.6 Å². The normalized spacial score (nSPS) is 17.1. The lowest BCUT2D eigenvalue weighted by Crippen LogP contribution is -2.18. The van der Waals surface area contributed by atoms with E-state index in [9.17, 15) is 4.39 Å². The molecule has 0 saturated heterocycles. The van der Waals surface area contributed by atoms with E-state index in [1.807, 2.05) is 25.2 Å². The highest BCUT2D eigenvalue weighted by Crippen LogP contribution is 2.39. The molecule has 3 rings (SSSR count). The standard InChI is InChI=1S/C16H16FNO/c1-18-10-12-8-11-9-13(17)6-7-15(11)19-16-5-3-2-4-14(12)16/h2-7,9,12,18H,8,10H2,1H3. The Hall–Kier alpha value is -1.87. The fraction of sp³-hybridized carbons (Fsp3) is 0.250. The minimum absolute atomic E-state index is 0.212. The van der Waals surface area contributed by atoms with Gasteiger partial charge in [-0.3, -0.25) is 0 Å². The predicted molar refractivity (Wildman–Crippen MR) is 73.3 cm³/mol. The summed E-state index contributed by atoms with van der Waals surface area (Å²) in [7, 11) is 1.93. The average molecular weight is 257 g/mol. The molecule has 98 valence electrons. The van der Waals surface area contributed by atoms with E-state index >= 15 is 0 Å². The van der Waals surface area contributed by atoms with Gasteiger partial charge in [-0.1, -0.05) is 18.2 Å². The van der Waals surface area contributed by atoms with Gasteiger partial charge in [0, 0.05) is 12.5 Å². The minimum atomic E-state index is -0.212. The number of likely N-dealkylation sites (N-methyl/N-ethyl adjacent to an activating group) is 1. The number of fused-ring (bicyclic) bond motifs is 2. The first-order valence-corrected chi connectivity index (χ1v) is 6.47. The van der Waals surface area contributed by atoms with Crippen molar-refractivity contribution in [3.63, 3.8) is 0 Å². The van der Waals surface area contributed by atoms with Crippen LogP contribution in [-0.4, -0.2) is 13.6 Å². The van der Waals surface area contributed by atoms with Gasteiger partial charge in [0.25, 0.3) is 0 Å². The number of hydrogen-bond donors (Lipinski definition) is 1. The zero-order valence-electron chi connectivity index (χ0n) is 10.8. The molecule has 0 amide bonds. The smallest absolute Gasteiger partial charge is 0.130 e. The number of halogens is 1. The van der Waals surface area contributed by atoms with Crippen molar-refractivity contribution in [2.24, 2.45) is 0 Å². The molecule has 1 unspecified atom stereocenters. The number of nitrogens with one attached hydrogen (secondary N) is 1. The lowest BCUT2D eigenvalue weighted by Gasteiger charge is -2.15. The lowest BCUT2D eigenvalue weighted by molar-refractivity contribution is 0.475. The van der Waals surface area contributed by atoms with E-state index in [-0.39, 0.29) is 5.82 Å². The van der Waals surface area contributed by atoms with Crippen LogP contribution in [0.2, 0.25) is 0 Å². The first-order valence-electron chi connectivity index (χ1n) is 6.47. The van der Waals surface area contributed by atoms with Gasteiger partial charge in [-0.2, -0.15) is 0 Å². The molecule has 1 heterocycles. The molecule has 1 aliphatic rings. The maximum absolute atomic E-state index is 13.4. The number of para-hydroxylation sites is 1. The van der Waals surface area contributed by atoms with Crippen LogP contribution >= 0.6 is 0 Å². The van der Waals surface area contributed by atoms with Gasteiger partial charge in [-0.25, -0.2) is 4.39 Å². The fourth-order valence-corrected chi connectivity index (χ4v) is 2.64. The largest absolute Gasteiger partial charge is 0.457 e. The van der Waals surface area contributed by atoms with E-state index < -0.39 is 0 Å². The second kappa shape index (κ2) is 5.02. The Morgan fingerprint density at radius 2 is 2.05 bits per heavy atom. The zero-order chi connectivity index (χ0) is 13.2. The Bertz CT molecular complexity index is 597. The first-order chi connectivity index (χ1) is 9.28. The average Bonchev–Trinajstić information content (AvgIpc) is 2.56. The highest BCUT2D eigenvalue weighted by molar-refractivity contribution is 5.47. The topological polar surface area (TPSA) is 21.3 Å². The molecule has 0 aliphatic carbocycles. The summed E-state index contributed by atoms with van der Waals surface area (Å²) in [6.45, 7) is 0.844. The molecule has 2 aromatic carbocycles. The van der Waals surface area contributed by atoms with Gasteiger partial charge in [0.1, 0.15) is 17.3 Å². The van der Waals surface area contributed by atoms with Crippen molar-refractivity contribution >= 4 is 0 Å². The zero-order valence-corrected chi connectivity index (χ0v) is 10.8. The summed E-state index contributed by atoms with van der Waals surface area (Å²) in [6, 6.07) is 12.8. The molecule has 1 atom stereocenters. The third kappa shape index (κ3) is 2.34. The van der Waals surface area contributed by atoms with E-state index in [1.54, 1.807) is 12.1 Å². The summed E-state index contributed by atoms with van der Waals surface area (Å²) in [5.74, 6) is 1.71. The molecule has 0 bridgehead atoms. The quantitative estimate of drug-likeness (QED) is 0.889. The maximum Gasteiger partial charge on any atom is 0.130 e. The number of benzene rings is 2. The second-order valence-corrected chi connectivity index (χ2v) is 4.85. The highest BCUT2D eigenvalue weighted by atomic mass is 19.1. The van der Waals surface area contributed by atoms with Crippen molar-refractivity contribution in [3.8, 4) is 11.5 Å². The van der Waals surface area contributed by atoms with Gasteiger partial charge in [0.15, 0.2) is 0 Å². The Morgan fingerprint density at radius 3 is 2.89 bits per heavy atom. The summed E-state index contributed by atoms with van der Waals surface area (Å²) in [5.41, 5.74) is 2.10. The van der Waals surface area contributed by atoms with E-state index in [4.69, 9.17) is 4.74 Å². The van der Waals surface area contributed by atoms with Gasteiger partial charge >= 0.3 is 0 Å². The third-order valence-corrected chi connectivity index (χ3v) is 3.52. The van der Waals surface area contributed by atoms with Crippen molar-refractivity contribution in [2.75, 3.05) is 13.6 Å². The van der Waals surface area contributed by atoms with Crippen LogP contribution in [0.3, 0.4) is 0 Å². The Balaban J connectivity index is 2.09. The summed E-state index contributed by atoms with van der Waals surface area (Å²) >= 11 is 0. The van der Waals surface area contributed by atoms with E-state index in [2.05, 4.69) is 11.4 Å². The molecule has 1 N–H and O–H groups in total. The van der Waals surface area contributed by atoms with Gasteiger partial charge in [0.05, 0.1) is 0 Å². The summed E-state index contributed by atoms with van der Waals surface area (Å²) in [5, 5.41) is 3.20. The molecule has 0 saturated carbocycles. The summed E-state index contributed by atoms with van der Waals surface area (Å²) < 4.78 is 19.3. The Labute approximate surface area is 112 Å². The van der Waals surface area contributed by atoms with Crippen LogP contribution in [0.15, 0.2) is 42.5 Å². The van der Waals surface area contributed by atoms with Crippen molar-refractivity contribution < 1.29 is 9.13 Å².